The molecule has 1 nitrogen and oxygen atoms in total. The summed E-state index contributed by atoms with van der Waals surface area (Å²) >= 11 is 0. The molecule has 0 heterocycles. The molecule has 96 valence electrons. The van der Waals surface area contributed by atoms with Crippen LogP contribution < -0.4 is 0 Å². The van der Waals surface area contributed by atoms with Gasteiger partial charge in [-0.1, -0.05) is 54.6 Å². The third-order valence-corrected chi connectivity index (χ3v) is 3.99. The minimum atomic E-state index is 0.308. The summed E-state index contributed by atoms with van der Waals surface area (Å²) < 4.78 is 0. The number of phenolic OH excluding ortho intramolecular Hbond substituents is 1. The van der Waals surface area contributed by atoms with Crippen LogP contribution in [0.3, 0.4) is 0 Å². The first-order valence-electron chi connectivity index (χ1n) is 6.82. The van der Waals surface area contributed by atoms with Crippen LogP contribution in [0.1, 0.15) is 11.1 Å². The van der Waals surface area contributed by atoms with E-state index < -0.39 is 0 Å². The van der Waals surface area contributed by atoms with E-state index in [2.05, 4.69) is 42.5 Å². The van der Waals surface area contributed by atoms with Gasteiger partial charge < -0.3 is 5.11 Å². The molecule has 0 saturated carbocycles. The van der Waals surface area contributed by atoms with Gasteiger partial charge in [-0.2, -0.15) is 0 Å². The molecular formula is C19H14O. The fourth-order valence-electron chi connectivity index (χ4n) is 2.98. The molecule has 0 radical (unpaired) electrons. The van der Waals surface area contributed by atoms with Gasteiger partial charge in [0.15, 0.2) is 0 Å². The Kier molecular flexibility index (Phi) is 2.40. The van der Waals surface area contributed by atoms with Gasteiger partial charge in [-0.3, -0.25) is 0 Å². The van der Waals surface area contributed by atoms with E-state index >= 15 is 0 Å². The maximum Gasteiger partial charge on any atom is 0.115 e. The van der Waals surface area contributed by atoms with Crippen LogP contribution in [-0.4, -0.2) is 5.11 Å². The summed E-state index contributed by atoms with van der Waals surface area (Å²) in [5, 5.41) is 9.38. The summed E-state index contributed by atoms with van der Waals surface area (Å²) in [7, 11) is 0. The van der Waals surface area contributed by atoms with E-state index in [0.717, 1.165) is 12.0 Å². The van der Waals surface area contributed by atoms with Crippen molar-refractivity contribution in [1.82, 2.24) is 0 Å². The van der Waals surface area contributed by atoms with Crippen LogP contribution in [-0.2, 0) is 6.42 Å². The number of hydrogen-bond donors (Lipinski definition) is 1. The molecule has 0 amide bonds. The van der Waals surface area contributed by atoms with Crippen LogP contribution in [0.2, 0.25) is 0 Å². The van der Waals surface area contributed by atoms with Crippen LogP contribution in [0.5, 0.6) is 5.75 Å². The maximum absolute atomic E-state index is 9.38. The largest absolute Gasteiger partial charge is 0.508 e. The monoisotopic (exact) mass is 258 g/mol. The normalized spacial score (nSPS) is 12.0. The lowest BCUT2D eigenvalue weighted by Gasteiger charge is -2.06. The first-order chi connectivity index (χ1) is 9.81. The Hall–Kier alpha value is -2.54. The zero-order valence-electron chi connectivity index (χ0n) is 11.0. The second kappa shape index (κ2) is 4.24. The van der Waals surface area contributed by atoms with Gasteiger partial charge in [0.1, 0.15) is 5.75 Å². The summed E-state index contributed by atoms with van der Waals surface area (Å²) in [6, 6.07) is 22.6. The summed E-state index contributed by atoms with van der Waals surface area (Å²) in [6.45, 7) is 0. The molecule has 3 aromatic rings. The fraction of sp³-hybridized carbons (Fsp3) is 0.0526. The van der Waals surface area contributed by atoms with Crippen molar-refractivity contribution >= 4 is 0 Å². The van der Waals surface area contributed by atoms with Gasteiger partial charge in [0.2, 0.25) is 0 Å². The lowest BCUT2D eigenvalue weighted by molar-refractivity contribution is 0.475. The summed E-state index contributed by atoms with van der Waals surface area (Å²) in [5.41, 5.74) is 7.85. The Bertz CT molecular complexity index is 785. The van der Waals surface area contributed by atoms with Crippen molar-refractivity contribution in [3.05, 3.63) is 77.9 Å². The standard InChI is InChI=1S/C19H14O/c20-17-8-5-13(6-9-17)14-7-10-19-16(11-14)12-15-3-1-2-4-18(15)19/h1-11,20H,12H2. The molecule has 0 aliphatic heterocycles. The van der Waals surface area contributed by atoms with Crippen LogP contribution in [0, 0.1) is 0 Å². The highest BCUT2D eigenvalue weighted by atomic mass is 16.3. The Balaban J connectivity index is 1.80. The number of rotatable bonds is 1. The average Bonchev–Trinajstić information content (AvgIpc) is 2.85. The Morgan fingerprint density at radius 2 is 1.35 bits per heavy atom. The smallest absolute Gasteiger partial charge is 0.115 e. The number of hydrogen-bond acceptors (Lipinski definition) is 1. The quantitative estimate of drug-likeness (QED) is 0.527. The highest BCUT2D eigenvalue weighted by molar-refractivity contribution is 5.80. The van der Waals surface area contributed by atoms with Gasteiger partial charge in [-0.05, 0) is 51.9 Å². The summed E-state index contributed by atoms with van der Waals surface area (Å²) in [6.07, 6.45) is 1.01. The molecule has 0 aromatic heterocycles. The summed E-state index contributed by atoms with van der Waals surface area (Å²) in [5.74, 6) is 0.308. The molecule has 0 fully saturated rings. The lowest BCUT2D eigenvalue weighted by Crippen LogP contribution is -1.83. The Morgan fingerprint density at radius 1 is 0.650 bits per heavy atom. The van der Waals surface area contributed by atoms with E-state index in [1.807, 2.05) is 12.1 Å². The number of fused-ring (bicyclic) bond motifs is 3. The summed E-state index contributed by atoms with van der Waals surface area (Å²) in [4.78, 5) is 0. The topological polar surface area (TPSA) is 20.2 Å². The molecule has 3 aromatic carbocycles. The molecule has 1 aliphatic rings. The van der Waals surface area contributed by atoms with Crippen molar-refractivity contribution in [3.63, 3.8) is 0 Å². The fourth-order valence-corrected chi connectivity index (χ4v) is 2.98. The van der Waals surface area contributed by atoms with E-state index in [1.54, 1.807) is 12.1 Å². The first kappa shape index (κ1) is 11.3. The molecule has 1 N–H and O–H groups in total. The predicted molar refractivity (Wildman–Crippen MR) is 81.8 cm³/mol. The molecule has 0 saturated heterocycles. The van der Waals surface area contributed by atoms with Crippen molar-refractivity contribution in [3.8, 4) is 28.0 Å². The minimum absolute atomic E-state index is 0.308. The van der Waals surface area contributed by atoms with E-state index in [0.29, 0.717) is 5.75 Å². The van der Waals surface area contributed by atoms with Crippen LogP contribution in [0.25, 0.3) is 22.3 Å². The van der Waals surface area contributed by atoms with Gasteiger partial charge in [0.25, 0.3) is 0 Å². The van der Waals surface area contributed by atoms with Crippen molar-refractivity contribution in [2.75, 3.05) is 0 Å². The van der Waals surface area contributed by atoms with Crippen LogP contribution >= 0.6 is 0 Å². The minimum Gasteiger partial charge on any atom is -0.508 e. The van der Waals surface area contributed by atoms with Crippen molar-refractivity contribution < 1.29 is 5.11 Å². The zero-order valence-corrected chi connectivity index (χ0v) is 11.0. The van der Waals surface area contributed by atoms with Crippen LogP contribution in [0.4, 0.5) is 0 Å². The zero-order chi connectivity index (χ0) is 13.5. The van der Waals surface area contributed by atoms with Gasteiger partial charge in [-0.15, -0.1) is 0 Å². The number of phenols is 1. The van der Waals surface area contributed by atoms with Gasteiger partial charge in [0, 0.05) is 0 Å². The molecule has 1 heteroatoms. The van der Waals surface area contributed by atoms with Gasteiger partial charge >= 0.3 is 0 Å². The highest BCUT2D eigenvalue weighted by Crippen LogP contribution is 2.38. The van der Waals surface area contributed by atoms with E-state index in [9.17, 15) is 5.11 Å². The SMILES string of the molecule is Oc1ccc(-c2ccc3c(c2)Cc2ccccc2-3)cc1. The van der Waals surface area contributed by atoms with E-state index in [-0.39, 0.29) is 0 Å². The number of aromatic hydroxyl groups is 1. The maximum atomic E-state index is 9.38. The predicted octanol–water partition coefficient (Wildman–Crippen LogP) is 4.63. The second-order valence-electron chi connectivity index (χ2n) is 5.25. The third kappa shape index (κ3) is 1.71. The first-order valence-corrected chi connectivity index (χ1v) is 6.82. The van der Waals surface area contributed by atoms with Crippen molar-refractivity contribution in [2.24, 2.45) is 0 Å². The highest BCUT2D eigenvalue weighted by Gasteiger charge is 2.17. The molecule has 0 bridgehead atoms. The van der Waals surface area contributed by atoms with E-state index in [1.165, 1.54) is 27.8 Å². The van der Waals surface area contributed by atoms with Crippen molar-refractivity contribution in [2.45, 2.75) is 6.42 Å². The molecule has 4 rings (SSSR count). The Labute approximate surface area is 118 Å². The van der Waals surface area contributed by atoms with E-state index in [4.69, 9.17) is 0 Å². The van der Waals surface area contributed by atoms with Gasteiger partial charge in [0.05, 0.1) is 0 Å². The van der Waals surface area contributed by atoms with Gasteiger partial charge in [-0.25, -0.2) is 0 Å². The van der Waals surface area contributed by atoms with Crippen LogP contribution in [0.15, 0.2) is 66.7 Å². The average molecular weight is 258 g/mol. The molecule has 0 unspecified atom stereocenters. The Morgan fingerprint density at radius 3 is 2.20 bits per heavy atom. The molecule has 0 spiro atoms. The third-order valence-electron chi connectivity index (χ3n) is 3.99. The second-order valence-corrected chi connectivity index (χ2v) is 5.25. The molecule has 1 aliphatic carbocycles. The molecular weight excluding hydrogens is 244 g/mol. The van der Waals surface area contributed by atoms with Crippen molar-refractivity contribution in [1.29, 1.82) is 0 Å². The lowest BCUT2D eigenvalue weighted by atomic mass is 9.99. The number of benzene rings is 3. The molecule has 20 heavy (non-hydrogen) atoms. The molecule has 0 atom stereocenters.